The zero-order valence-electron chi connectivity index (χ0n) is 11.0. The molecule has 0 aromatic carbocycles. The Balaban J connectivity index is 1.67. The maximum absolute atomic E-state index is 5.29. The van der Waals surface area contributed by atoms with Crippen LogP contribution in [0, 0.1) is 0 Å². The molecule has 3 nitrogen and oxygen atoms in total. The summed E-state index contributed by atoms with van der Waals surface area (Å²) in [6.07, 6.45) is 5.74. The van der Waals surface area contributed by atoms with Crippen molar-refractivity contribution in [3.05, 3.63) is 24.2 Å². The highest BCUT2D eigenvalue weighted by Gasteiger charge is 2.28. The molecule has 1 aliphatic heterocycles. The van der Waals surface area contributed by atoms with Crippen LogP contribution in [0.3, 0.4) is 0 Å². The van der Waals surface area contributed by atoms with Gasteiger partial charge in [-0.2, -0.15) is 0 Å². The Morgan fingerprint density at radius 1 is 1.47 bits per heavy atom. The van der Waals surface area contributed by atoms with Crippen LogP contribution >= 0.6 is 0 Å². The van der Waals surface area contributed by atoms with Gasteiger partial charge in [0.15, 0.2) is 0 Å². The number of nitrogens with one attached hydrogen (secondary N) is 1. The fourth-order valence-corrected chi connectivity index (χ4v) is 2.80. The normalized spacial score (nSPS) is 25.5. The first kappa shape index (κ1) is 12.7. The van der Waals surface area contributed by atoms with Gasteiger partial charge in [0.05, 0.1) is 12.8 Å². The third-order valence-corrected chi connectivity index (χ3v) is 3.85. The molecule has 2 unspecified atom stereocenters. The number of nitrogens with zero attached hydrogens (tertiary/aromatic N) is 1. The van der Waals surface area contributed by atoms with Gasteiger partial charge in [0.25, 0.3) is 0 Å². The molecule has 1 saturated heterocycles. The Morgan fingerprint density at radius 2 is 2.35 bits per heavy atom. The Labute approximate surface area is 104 Å². The summed E-state index contributed by atoms with van der Waals surface area (Å²) in [6.45, 7) is 7.68. The molecule has 0 amide bonds. The van der Waals surface area contributed by atoms with Crippen LogP contribution in [0.2, 0.25) is 0 Å². The first-order valence-electron chi connectivity index (χ1n) is 6.80. The molecule has 2 rings (SSSR count). The molecule has 2 atom stereocenters. The van der Waals surface area contributed by atoms with Gasteiger partial charge in [-0.3, -0.25) is 4.90 Å². The largest absolute Gasteiger partial charge is 0.468 e. The SMILES string of the molecule is CCC1CCC(C)N1CCNCc1ccco1. The van der Waals surface area contributed by atoms with E-state index in [1.54, 1.807) is 6.26 Å². The van der Waals surface area contributed by atoms with Crippen molar-refractivity contribution in [1.82, 2.24) is 10.2 Å². The van der Waals surface area contributed by atoms with Gasteiger partial charge >= 0.3 is 0 Å². The first-order chi connectivity index (χ1) is 8.31. The highest BCUT2D eigenvalue weighted by Crippen LogP contribution is 2.24. The van der Waals surface area contributed by atoms with Crippen molar-refractivity contribution < 1.29 is 4.42 Å². The zero-order valence-corrected chi connectivity index (χ0v) is 11.0. The van der Waals surface area contributed by atoms with E-state index in [-0.39, 0.29) is 0 Å². The Hall–Kier alpha value is -0.800. The van der Waals surface area contributed by atoms with E-state index in [1.165, 1.54) is 19.3 Å². The lowest BCUT2D eigenvalue weighted by Gasteiger charge is -2.27. The van der Waals surface area contributed by atoms with Gasteiger partial charge in [0, 0.05) is 25.2 Å². The molecule has 1 fully saturated rings. The quantitative estimate of drug-likeness (QED) is 0.770. The van der Waals surface area contributed by atoms with Gasteiger partial charge < -0.3 is 9.73 Å². The standard InChI is InChI=1S/C14H24N2O/c1-3-13-7-6-12(2)16(13)9-8-15-11-14-5-4-10-17-14/h4-5,10,12-13,15H,3,6-9,11H2,1-2H3. The van der Waals surface area contributed by atoms with Crippen molar-refractivity contribution in [2.24, 2.45) is 0 Å². The maximum Gasteiger partial charge on any atom is 0.117 e. The summed E-state index contributed by atoms with van der Waals surface area (Å²) in [4.78, 5) is 2.65. The summed E-state index contributed by atoms with van der Waals surface area (Å²) in [7, 11) is 0. The number of rotatable bonds is 6. The second-order valence-electron chi connectivity index (χ2n) is 4.98. The molecule has 0 saturated carbocycles. The molecule has 96 valence electrons. The van der Waals surface area contributed by atoms with Crippen LogP contribution in [0.15, 0.2) is 22.8 Å². The number of furan rings is 1. The molecule has 3 heteroatoms. The minimum Gasteiger partial charge on any atom is -0.468 e. The maximum atomic E-state index is 5.29. The summed E-state index contributed by atoms with van der Waals surface area (Å²) in [5.41, 5.74) is 0. The van der Waals surface area contributed by atoms with Gasteiger partial charge in [0.2, 0.25) is 0 Å². The fourth-order valence-electron chi connectivity index (χ4n) is 2.80. The summed E-state index contributed by atoms with van der Waals surface area (Å²) >= 11 is 0. The highest BCUT2D eigenvalue weighted by atomic mass is 16.3. The third kappa shape index (κ3) is 3.33. The van der Waals surface area contributed by atoms with Crippen LogP contribution in [0.25, 0.3) is 0 Å². The van der Waals surface area contributed by atoms with E-state index in [4.69, 9.17) is 4.42 Å². The monoisotopic (exact) mass is 236 g/mol. The summed E-state index contributed by atoms with van der Waals surface area (Å²) in [5, 5.41) is 3.44. The van der Waals surface area contributed by atoms with Crippen molar-refractivity contribution >= 4 is 0 Å². The van der Waals surface area contributed by atoms with E-state index >= 15 is 0 Å². The third-order valence-electron chi connectivity index (χ3n) is 3.85. The lowest BCUT2D eigenvalue weighted by molar-refractivity contribution is 0.198. The molecule has 1 N–H and O–H groups in total. The topological polar surface area (TPSA) is 28.4 Å². The highest BCUT2D eigenvalue weighted by molar-refractivity contribution is 4.97. The summed E-state index contributed by atoms with van der Waals surface area (Å²) in [6, 6.07) is 5.51. The second-order valence-corrected chi connectivity index (χ2v) is 4.98. The number of likely N-dealkylation sites (tertiary alicyclic amines) is 1. The van der Waals surface area contributed by atoms with E-state index in [0.717, 1.165) is 37.5 Å². The van der Waals surface area contributed by atoms with Gasteiger partial charge in [-0.15, -0.1) is 0 Å². The van der Waals surface area contributed by atoms with Crippen LogP contribution in [0.1, 0.15) is 38.9 Å². The lowest BCUT2D eigenvalue weighted by Crippen LogP contribution is -2.39. The summed E-state index contributed by atoms with van der Waals surface area (Å²) in [5.74, 6) is 1.02. The second kappa shape index (κ2) is 6.22. The molecule has 1 aromatic rings. The predicted molar refractivity (Wildman–Crippen MR) is 69.9 cm³/mol. The lowest BCUT2D eigenvalue weighted by atomic mass is 10.1. The Bertz CT molecular complexity index is 310. The molecule has 0 radical (unpaired) electrons. The van der Waals surface area contributed by atoms with Crippen molar-refractivity contribution in [3.63, 3.8) is 0 Å². The van der Waals surface area contributed by atoms with E-state index in [9.17, 15) is 0 Å². The molecule has 17 heavy (non-hydrogen) atoms. The molecule has 2 heterocycles. The van der Waals surface area contributed by atoms with Crippen LogP contribution in [-0.2, 0) is 6.54 Å². The van der Waals surface area contributed by atoms with Crippen LogP contribution in [0.4, 0.5) is 0 Å². The van der Waals surface area contributed by atoms with Gasteiger partial charge in [-0.05, 0) is 38.3 Å². The van der Waals surface area contributed by atoms with Gasteiger partial charge in [-0.1, -0.05) is 6.92 Å². The van der Waals surface area contributed by atoms with E-state index in [2.05, 4.69) is 24.1 Å². The van der Waals surface area contributed by atoms with Crippen molar-refractivity contribution in [2.75, 3.05) is 13.1 Å². The smallest absolute Gasteiger partial charge is 0.117 e. The van der Waals surface area contributed by atoms with Crippen molar-refractivity contribution in [3.8, 4) is 0 Å². The molecule has 0 aliphatic carbocycles. The first-order valence-corrected chi connectivity index (χ1v) is 6.80. The van der Waals surface area contributed by atoms with E-state index < -0.39 is 0 Å². The molecule has 1 aromatic heterocycles. The van der Waals surface area contributed by atoms with Crippen molar-refractivity contribution in [2.45, 2.75) is 51.7 Å². The van der Waals surface area contributed by atoms with Crippen LogP contribution in [0.5, 0.6) is 0 Å². The number of hydrogen-bond donors (Lipinski definition) is 1. The average molecular weight is 236 g/mol. The minimum absolute atomic E-state index is 0.755. The van der Waals surface area contributed by atoms with Crippen LogP contribution in [-0.4, -0.2) is 30.1 Å². The minimum atomic E-state index is 0.755. The summed E-state index contributed by atoms with van der Waals surface area (Å²) < 4.78 is 5.29. The molecule has 0 bridgehead atoms. The molecule has 1 aliphatic rings. The number of hydrogen-bond acceptors (Lipinski definition) is 3. The zero-order chi connectivity index (χ0) is 12.1. The van der Waals surface area contributed by atoms with Gasteiger partial charge in [-0.25, -0.2) is 0 Å². The molecular weight excluding hydrogens is 212 g/mol. The van der Waals surface area contributed by atoms with Crippen molar-refractivity contribution in [1.29, 1.82) is 0 Å². The Morgan fingerprint density at radius 3 is 3.06 bits per heavy atom. The van der Waals surface area contributed by atoms with E-state index in [0.29, 0.717) is 0 Å². The van der Waals surface area contributed by atoms with E-state index in [1.807, 2.05) is 12.1 Å². The van der Waals surface area contributed by atoms with Crippen LogP contribution < -0.4 is 5.32 Å². The average Bonchev–Trinajstić information content (AvgIpc) is 2.95. The predicted octanol–water partition coefficient (Wildman–Crippen LogP) is 2.63. The fraction of sp³-hybridized carbons (Fsp3) is 0.714. The molecular formula is C14H24N2O. The van der Waals surface area contributed by atoms with Gasteiger partial charge in [0.1, 0.15) is 5.76 Å². The molecule has 0 spiro atoms. The Kier molecular flexibility index (Phi) is 4.63.